The highest BCUT2D eigenvalue weighted by atomic mass is 79.9. The molecule has 0 aliphatic rings. The van der Waals surface area contributed by atoms with E-state index in [0.29, 0.717) is 13.0 Å². The van der Waals surface area contributed by atoms with Crippen LogP contribution in [-0.4, -0.2) is 27.9 Å². The minimum atomic E-state index is -3.36. The van der Waals surface area contributed by atoms with Gasteiger partial charge in [-0.25, -0.2) is 8.42 Å². The van der Waals surface area contributed by atoms with E-state index in [0.717, 1.165) is 39.7 Å². The van der Waals surface area contributed by atoms with Crippen LogP contribution in [0.4, 0.5) is 0 Å². The zero-order valence-corrected chi connectivity index (χ0v) is 16.3. The molecule has 0 heterocycles. The highest BCUT2D eigenvalue weighted by Crippen LogP contribution is 2.36. The molecule has 1 rings (SSSR count). The van der Waals surface area contributed by atoms with Crippen LogP contribution in [0.3, 0.4) is 0 Å². The lowest BCUT2D eigenvalue weighted by molar-refractivity contribution is 0.302. The highest BCUT2D eigenvalue weighted by molar-refractivity contribution is 9.11. The van der Waals surface area contributed by atoms with Crippen LogP contribution in [0.2, 0.25) is 0 Å². The van der Waals surface area contributed by atoms with Crippen molar-refractivity contribution in [3.63, 3.8) is 0 Å². The second kappa shape index (κ2) is 9.22. The van der Waals surface area contributed by atoms with Gasteiger partial charge in [-0.2, -0.15) is 0 Å². The predicted molar refractivity (Wildman–Crippen MR) is 92.0 cm³/mol. The van der Waals surface area contributed by atoms with E-state index in [1.807, 2.05) is 12.1 Å². The third-order valence-electron chi connectivity index (χ3n) is 2.75. The van der Waals surface area contributed by atoms with E-state index < -0.39 is 9.05 Å². The lowest BCUT2D eigenvalue weighted by Crippen LogP contribution is -2.00. The van der Waals surface area contributed by atoms with Crippen molar-refractivity contribution >= 4 is 51.6 Å². The summed E-state index contributed by atoms with van der Waals surface area (Å²) in [6.07, 6.45) is 3.17. The Balaban J connectivity index is 2.29. The van der Waals surface area contributed by atoms with Gasteiger partial charge in [0.15, 0.2) is 0 Å². The maximum atomic E-state index is 10.7. The van der Waals surface area contributed by atoms with Crippen LogP contribution in [0.25, 0.3) is 0 Å². The molecule has 1 aromatic carbocycles. The molecule has 0 radical (unpaired) electrons. The monoisotopic (exact) mass is 462 g/mol. The molecular formula is C13H17Br2ClO4S. The Bertz CT molecular complexity index is 564. The first-order chi connectivity index (χ1) is 9.83. The molecule has 0 unspecified atom stereocenters. The Morgan fingerprint density at radius 1 is 1.05 bits per heavy atom. The van der Waals surface area contributed by atoms with Gasteiger partial charge in [-0.05, 0) is 56.8 Å². The van der Waals surface area contributed by atoms with Crippen LogP contribution in [0.1, 0.15) is 25.7 Å². The van der Waals surface area contributed by atoms with Gasteiger partial charge in [-0.15, -0.1) is 0 Å². The van der Waals surface area contributed by atoms with Crippen LogP contribution in [0, 0.1) is 0 Å². The summed E-state index contributed by atoms with van der Waals surface area (Å²) in [5, 5.41) is 0. The molecule has 0 saturated carbocycles. The molecule has 21 heavy (non-hydrogen) atoms. The molecule has 0 aromatic heterocycles. The van der Waals surface area contributed by atoms with Crippen molar-refractivity contribution in [3.05, 3.63) is 21.1 Å². The van der Waals surface area contributed by atoms with Crippen LogP contribution < -0.4 is 9.47 Å². The van der Waals surface area contributed by atoms with Crippen molar-refractivity contribution in [3.8, 4) is 11.5 Å². The first-order valence-corrected chi connectivity index (χ1v) is 10.5. The van der Waals surface area contributed by atoms with Gasteiger partial charge in [0.1, 0.15) is 11.5 Å². The van der Waals surface area contributed by atoms with Crippen molar-refractivity contribution in [1.29, 1.82) is 0 Å². The smallest absolute Gasteiger partial charge is 0.232 e. The maximum Gasteiger partial charge on any atom is 0.232 e. The Morgan fingerprint density at radius 2 is 1.62 bits per heavy atom. The molecule has 0 aliphatic heterocycles. The fourth-order valence-corrected chi connectivity index (χ4v) is 3.49. The van der Waals surface area contributed by atoms with Crippen molar-refractivity contribution in [1.82, 2.24) is 0 Å². The number of ether oxygens (including phenoxy) is 2. The lowest BCUT2D eigenvalue weighted by Gasteiger charge is -2.11. The lowest BCUT2D eigenvalue weighted by atomic mass is 10.2. The average Bonchev–Trinajstić information content (AvgIpc) is 2.39. The van der Waals surface area contributed by atoms with Gasteiger partial charge in [0.2, 0.25) is 9.05 Å². The van der Waals surface area contributed by atoms with E-state index in [1.54, 1.807) is 7.11 Å². The minimum Gasteiger partial charge on any atom is -0.496 e. The maximum absolute atomic E-state index is 10.7. The molecule has 0 amide bonds. The summed E-state index contributed by atoms with van der Waals surface area (Å²) in [6.45, 7) is 0.574. The fraction of sp³-hybridized carbons (Fsp3) is 0.538. The molecule has 0 atom stereocenters. The first-order valence-electron chi connectivity index (χ1n) is 6.41. The van der Waals surface area contributed by atoms with E-state index in [2.05, 4.69) is 31.9 Å². The fourth-order valence-electron chi connectivity index (χ4n) is 1.69. The molecular weight excluding hydrogens is 447 g/mol. The van der Waals surface area contributed by atoms with Crippen LogP contribution in [-0.2, 0) is 9.05 Å². The summed E-state index contributed by atoms with van der Waals surface area (Å²) in [5.74, 6) is 1.51. The molecule has 0 N–H and O–H groups in total. The third-order valence-corrected chi connectivity index (χ3v) is 5.23. The molecule has 0 aliphatic carbocycles. The Labute approximate surface area is 146 Å². The summed E-state index contributed by atoms with van der Waals surface area (Å²) in [4.78, 5) is 0. The number of halogens is 3. The Hall–Kier alpha value is 0.0200. The van der Waals surface area contributed by atoms with Gasteiger partial charge in [-0.1, -0.05) is 12.8 Å². The van der Waals surface area contributed by atoms with Crippen molar-refractivity contribution in [2.45, 2.75) is 25.7 Å². The quantitative estimate of drug-likeness (QED) is 0.392. The second-order valence-electron chi connectivity index (χ2n) is 4.42. The molecule has 0 spiro atoms. The van der Waals surface area contributed by atoms with E-state index in [4.69, 9.17) is 20.2 Å². The zero-order chi connectivity index (χ0) is 15.9. The minimum absolute atomic E-state index is 0.0341. The number of hydrogen-bond acceptors (Lipinski definition) is 4. The molecule has 1 aromatic rings. The van der Waals surface area contributed by atoms with Gasteiger partial charge in [0.05, 0.1) is 28.4 Å². The second-order valence-corrected chi connectivity index (χ2v) is 9.03. The summed E-state index contributed by atoms with van der Waals surface area (Å²) in [6, 6.07) is 3.69. The van der Waals surface area contributed by atoms with E-state index in [9.17, 15) is 8.42 Å². The summed E-state index contributed by atoms with van der Waals surface area (Å²) in [7, 11) is 3.38. The van der Waals surface area contributed by atoms with Gasteiger partial charge >= 0.3 is 0 Å². The predicted octanol–water partition coefficient (Wildman–Crippen LogP) is 4.73. The molecule has 4 nitrogen and oxygen atoms in total. The molecule has 0 saturated heterocycles. The van der Waals surface area contributed by atoms with Crippen LogP contribution in [0.15, 0.2) is 21.1 Å². The van der Waals surface area contributed by atoms with E-state index >= 15 is 0 Å². The van der Waals surface area contributed by atoms with Gasteiger partial charge in [0.25, 0.3) is 0 Å². The Kier molecular flexibility index (Phi) is 8.38. The highest BCUT2D eigenvalue weighted by Gasteiger charge is 2.08. The zero-order valence-electron chi connectivity index (χ0n) is 11.6. The number of benzene rings is 1. The number of hydrogen-bond donors (Lipinski definition) is 0. The Morgan fingerprint density at radius 3 is 2.24 bits per heavy atom. The van der Waals surface area contributed by atoms with Crippen molar-refractivity contribution < 1.29 is 17.9 Å². The summed E-state index contributed by atoms with van der Waals surface area (Å²) in [5.41, 5.74) is 0. The standard InChI is InChI=1S/C13H17Br2ClO4S/c1-19-12-8-11(15)13(9-10(12)14)20-6-4-2-3-5-7-21(16,17)18/h8-9H,2-7H2,1H3. The molecule has 0 bridgehead atoms. The molecule has 8 heteroatoms. The number of rotatable bonds is 9. The van der Waals surface area contributed by atoms with Gasteiger partial charge < -0.3 is 9.47 Å². The van der Waals surface area contributed by atoms with Crippen LogP contribution >= 0.6 is 42.5 Å². The topological polar surface area (TPSA) is 52.6 Å². The van der Waals surface area contributed by atoms with E-state index in [1.165, 1.54) is 0 Å². The normalized spacial score (nSPS) is 11.4. The summed E-state index contributed by atoms with van der Waals surface area (Å²) >= 11 is 6.84. The third kappa shape index (κ3) is 7.72. The van der Waals surface area contributed by atoms with Gasteiger partial charge in [-0.3, -0.25) is 0 Å². The van der Waals surface area contributed by atoms with Crippen LogP contribution in [0.5, 0.6) is 11.5 Å². The van der Waals surface area contributed by atoms with Crippen molar-refractivity contribution in [2.75, 3.05) is 19.5 Å². The number of unbranched alkanes of at least 4 members (excludes halogenated alkanes) is 3. The first kappa shape index (κ1) is 19.1. The largest absolute Gasteiger partial charge is 0.496 e. The number of methoxy groups -OCH3 is 1. The molecule has 0 fully saturated rings. The van der Waals surface area contributed by atoms with Crippen molar-refractivity contribution in [2.24, 2.45) is 0 Å². The average molecular weight is 465 g/mol. The molecule has 120 valence electrons. The SMILES string of the molecule is COc1cc(Br)c(OCCCCCCS(=O)(=O)Cl)cc1Br. The summed E-state index contributed by atoms with van der Waals surface area (Å²) < 4.78 is 34.0. The van der Waals surface area contributed by atoms with Gasteiger partial charge in [0, 0.05) is 10.7 Å². The van der Waals surface area contributed by atoms with E-state index in [-0.39, 0.29) is 5.75 Å².